The van der Waals surface area contributed by atoms with Crippen LogP contribution in [-0.4, -0.2) is 29.6 Å². The number of halogens is 1. The van der Waals surface area contributed by atoms with Gasteiger partial charge in [0.15, 0.2) is 6.61 Å². The van der Waals surface area contributed by atoms with E-state index in [1.807, 2.05) is 37.3 Å². The quantitative estimate of drug-likeness (QED) is 0.306. The van der Waals surface area contributed by atoms with E-state index >= 15 is 0 Å². The van der Waals surface area contributed by atoms with Gasteiger partial charge in [-0.2, -0.15) is 0 Å². The van der Waals surface area contributed by atoms with Crippen LogP contribution in [0.3, 0.4) is 0 Å². The molecule has 0 aliphatic rings. The maximum Gasteiger partial charge on any atom is 0.340 e. The predicted octanol–water partition coefficient (Wildman–Crippen LogP) is 4.84. The molecule has 4 rings (SSSR count). The summed E-state index contributed by atoms with van der Waals surface area (Å²) in [4.78, 5) is 37.0. The molecule has 0 radical (unpaired) electrons. The zero-order valence-corrected chi connectivity index (χ0v) is 21.2. The summed E-state index contributed by atoms with van der Waals surface area (Å²) < 4.78 is 11.3. The Morgan fingerprint density at radius 1 is 0.973 bits per heavy atom. The summed E-state index contributed by atoms with van der Waals surface area (Å²) in [5.74, 6) is -1.38. The molecule has 190 valence electrons. The van der Waals surface area contributed by atoms with Crippen LogP contribution < -0.4 is 15.7 Å². The fraction of sp³-hybridized carbons (Fsp3) is 0.207. The summed E-state index contributed by atoms with van der Waals surface area (Å²) in [6.07, 6.45) is 0.562. The number of aryl methyl sites for hydroxylation is 2. The van der Waals surface area contributed by atoms with Crippen LogP contribution in [0.2, 0.25) is 5.02 Å². The third-order valence-corrected chi connectivity index (χ3v) is 6.47. The highest BCUT2D eigenvalue weighted by atomic mass is 35.5. The number of carboxylic acid groups (broad SMARTS) is 1. The van der Waals surface area contributed by atoms with Crippen molar-refractivity contribution in [3.8, 4) is 5.75 Å². The molecule has 0 aliphatic carbocycles. The molecule has 1 aromatic heterocycles. The minimum atomic E-state index is -1.16. The van der Waals surface area contributed by atoms with Crippen LogP contribution in [0.15, 0.2) is 75.9 Å². The van der Waals surface area contributed by atoms with Crippen molar-refractivity contribution in [1.29, 1.82) is 0 Å². The van der Waals surface area contributed by atoms with Crippen molar-refractivity contribution in [2.24, 2.45) is 0 Å². The van der Waals surface area contributed by atoms with Gasteiger partial charge in [0.1, 0.15) is 17.4 Å². The van der Waals surface area contributed by atoms with Gasteiger partial charge in [0.25, 0.3) is 5.91 Å². The van der Waals surface area contributed by atoms with Crippen molar-refractivity contribution >= 4 is 34.4 Å². The molecule has 3 aromatic carbocycles. The van der Waals surface area contributed by atoms with Crippen molar-refractivity contribution in [3.05, 3.63) is 110 Å². The largest absolute Gasteiger partial charge is 0.483 e. The second kappa shape index (κ2) is 11.3. The summed E-state index contributed by atoms with van der Waals surface area (Å²) >= 11 is 5.87. The minimum absolute atomic E-state index is 0.100. The Morgan fingerprint density at radius 2 is 1.68 bits per heavy atom. The molecule has 4 aromatic rings. The fourth-order valence-electron chi connectivity index (χ4n) is 4.17. The van der Waals surface area contributed by atoms with Crippen LogP contribution in [0, 0.1) is 13.8 Å². The number of carbonyl (C=O) groups excluding carboxylic acids is 1. The van der Waals surface area contributed by atoms with Crippen molar-refractivity contribution in [2.75, 3.05) is 6.61 Å². The van der Waals surface area contributed by atoms with E-state index in [0.29, 0.717) is 33.9 Å². The Balaban J connectivity index is 1.47. The molecule has 0 saturated heterocycles. The third kappa shape index (κ3) is 6.19. The second-order valence-electron chi connectivity index (χ2n) is 8.80. The summed E-state index contributed by atoms with van der Waals surface area (Å²) in [5, 5.41) is 13.3. The molecule has 1 heterocycles. The molecular formula is C29H26ClNO6. The van der Waals surface area contributed by atoms with Crippen molar-refractivity contribution in [3.63, 3.8) is 0 Å². The first-order chi connectivity index (χ1) is 17.7. The van der Waals surface area contributed by atoms with Crippen molar-refractivity contribution < 1.29 is 23.8 Å². The highest BCUT2D eigenvalue weighted by molar-refractivity contribution is 6.30. The molecule has 0 saturated carbocycles. The van der Waals surface area contributed by atoms with Crippen molar-refractivity contribution in [1.82, 2.24) is 5.32 Å². The molecule has 2 N–H and O–H groups in total. The second-order valence-corrected chi connectivity index (χ2v) is 9.23. The molecule has 0 aliphatic heterocycles. The van der Waals surface area contributed by atoms with Gasteiger partial charge < -0.3 is 19.6 Å². The van der Waals surface area contributed by atoms with Crippen LogP contribution in [0.5, 0.6) is 5.75 Å². The molecule has 1 amide bonds. The lowest BCUT2D eigenvalue weighted by atomic mass is 9.98. The number of rotatable bonds is 9. The van der Waals surface area contributed by atoms with E-state index in [0.717, 1.165) is 22.1 Å². The molecular weight excluding hydrogens is 494 g/mol. The Labute approximate surface area is 218 Å². The van der Waals surface area contributed by atoms with Crippen LogP contribution >= 0.6 is 11.6 Å². The Morgan fingerprint density at radius 3 is 2.35 bits per heavy atom. The first-order valence-electron chi connectivity index (χ1n) is 11.7. The van der Waals surface area contributed by atoms with Gasteiger partial charge in [-0.3, -0.25) is 4.79 Å². The van der Waals surface area contributed by atoms with E-state index in [2.05, 4.69) is 5.32 Å². The average Bonchev–Trinajstić information content (AvgIpc) is 2.88. The van der Waals surface area contributed by atoms with Gasteiger partial charge >= 0.3 is 11.6 Å². The number of aliphatic carboxylic acids is 1. The van der Waals surface area contributed by atoms with Gasteiger partial charge in [-0.25, -0.2) is 9.59 Å². The lowest BCUT2D eigenvalue weighted by Crippen LogP contribution is -2.44. The number of ether oxygens (including phenoxy) is 1. The van der Waals surface area contributed by atoms with Gasteiger partial charge in [0, 0.05) is 34.4 Å². The van der Waals surface area contributed by atoms with Gasteiger partial charge in [0.2, 0.25) is 0 Å². The number of nitrogens with one attached hydrogen (secondary N) is 1. The van der Waals surface area contributed by atoms with Crippen LogP contribution in [0.1, 0.15) is 27.8 Å². The van der Waals surface area contributed by atoms with Gasteiger partial charge in [-0.15, -0.1) is 0 Å². The zero-order chi connectivity index (χ0) is 26.5. The van der Waals surface area contributed by atoms with E-state index in [4.69, 9.17) is 20.8 Å². The lowest BCUT2D eigenvalue weighted by molar-refractivity contribution is -0.142. The number of hydrogen-bond donors (Lipinski definition) is 2. The number of hydrogen-bond acceptors (Lipinski definition) is 5. The monoisotopic (exact) mass is 519 g/mol. The van der Waals surface area contributed by atoms with E-state index in [-0.39, 0.29) is 6.42 Å². The SMILES string of the molecule is Cc1c(Cc2ccccc2)c(=O)oc2c(C)c(OCC(=O)N[C@H](Cc3ccc(Cl)cc3)C(=O)O)ccc12. The minimum Gasteiger partial charge on any atom is -0.483 e. The number of fused-ring (bicyclic) bond motifs is 1. The Bertz CT molecular complexity index is 1500. The third-order valence-electron chi connectivity index (χ3n) is 6.22. The first-order valence-corrected chi connectivity index (χ1v) is 12.1. The van der Waals surface area contributed by atoms with Gasteiger partial charge in [0.05, 0.1) is 0 Å². The zero-order valence-electron chi connectivity index (χ0n) is 20.4. The van der Waals surface area contributed by atoms with Crippen LogP contribution in [-0.2, 0) is 22.4 Å². The van der Waals surface area contributed by atoms with Crippen molar-refractivity contribution in [2.45, 2.75) is 32.7 Å². The lowest BCUT2D eigenvalue weighted by Gasteiger charge is -2.16. The summed E-state index contributed by atoms with van der Waals surface area (Å²) in [7, 11) is 0. The van der Waals surface area contributed by atoms with Crippen LogP contribution in [0.4, 0.5) is 0 Å². The average molecular weight is 520 g/mol. The summed E-state index contributed by atoms with van der Waals surface area (Å²) in [6, 6.07) is 18.8. The number of carbonyl (C=O) groups is 2. The number of benzene rings is 3. The maximum absolute atomic E-state index is 12.8. The molecule has 7 nitrogen and oxygen atoms in total. The molecule has 0 unspecified atom stereocenters. The van der Waals surface area contributed by atoms with E-state index in [9.17, 15) is 19.5 Å². The summed E-state index contributed by atoms with van der Waals surface area (Å²) in [5.41, 5.74) is 3.70. The highest BCUT2D eigenvalue weighted by Crippen LogP contribution is 2.30. The van der Waals surface area contributed by atoms with E-state index in [1.54, 1.807) is 43.3 Å². The molecule has 0 fully saturated rings. The normalized spacial score (nSPS) is 11.8. The smallest absolute Gasteiger partial charge is 0.340 e. The molecule has 0 bridgehead atoms. The first kappa shape index (κ1) is 26.0. The molecule has 8 heteroatoms. The van der Waals surface area contributed by atoms with Crippen LogP contribution in [0.25, 0.3) is 11.0 Å². The van der Waals surface area contributed by atoms with E-state index < -0.39 is 30.2 Å². The topological polar surface area (TPSA) is 106 Å². The predicted molar refractivity (Wildman–Crippen MR) is 141 cm³/mol. The Hall–Kier alpha value is -4.10. The number of amides is 1. The fourth-order valence-corrected chi connectivity index (χ4v) is 4.29. The summed E-state index contributed by atoms with van der Waals surface area (Å²) in [6.45, 7) is 3.24. The maximum atomic E-state index is 12.8. The Kier molecular flexibility index (Phi) is 7.94. The number of carboxylic acids is 1. The highest BCUT2D eigenvalue weighted by Gasteiger charge is 2.21. The molecule has 37 heavy (non-hydrogen) atoms. The van der Waals surface area contributed by atoms with Gasteiger partial charge in [-0.05, 0) is 54.8 Å². The standard InChI is InChI=1S/C29H26ClNO6/c1-17-22-12-13-25(18(2)27(22)37-29(35)23(17)14-19-6-4-3-5-7-19)36-16-26(32)31-24(28(33)34)15-20-8-10-21(30)11-9-20/h3-13,24H,14-16H2,1-2H3,(H,31,32)(H,33,34)/t24-/m1/s1. The molecule has 1 atom stereocenters. The van der Waals surface area contributed by atoms with Gasteiger partial charge in [-0.1, -0.05) is 54.1 Å². The van der Waals surface area contributed by atoms with E-state index in [1.165, 1.54) is 0 Å². The molecule has 0 spiro atoms.